The molecule has 1 heterocycles. The van der Waals surface area contributed by atoms with E-state index in [4.69, 9.17) is 17.3 Å². The fourth-order valence-corrected chi connectivity index (χ4v) is 4.92. The van der Waals surface area contributed by atoms with Crippen LogP contribution in [0.15, 0.2) is 18.2 Å². The number of carbonyl (C=O) groups is 2. The Morgan fingerprint density at radius 1 is 1.29 bits per heavy atom. The molecule has 1 fully saturated rings. The van der Waals surface area contributed by atoms with Crippen molar-refractivity contribution in [3.63, 3.8) is 0 Å². The summed E-state index contributed by atoms with van der Waals surface area (Å²) >= 11 is 6.08. The van der Waals surface area contributed by atoms with Crippen LogP contribution in [-0.4, -0.2) is 49.5 Å². The monoisotopic (exact) mass is 472 g/mol. The van der Waals surface area contributed by atoms with Gasteiger partial charge in [0.25, 0.3) is 0 Å². The largest absolute Gasteiger partial charge is 0.350 e. The molecule has 31 heavy (non-hydrogen) atoms. The molecule has 2 rings (SSSR count). The molecule has 0 spiro atoms. The maximum absolute atomic E-state index is 13.4. The molecule has 2 amide bonds. The highest BCUT2D eigenvalue weighted by Gasteiger charge is 2.49. The maximum atomic E-state index is 13.4. The van der Waals surface area contributed by atoms with Crippen LogP contribution < -0.4 is 15.8 Å². The van der Waals surface area contributed by atoms with E-state index in [1.807, 2.05) is 6.07 Å². The molecule has 1 aromatic rings. The van der Waals surface area contributed by atoms with E-state index in [1.165, 1.54) is 4.90 Å². The number of hydrogen-bond donors (Lipinski definition) is 3. The summed E-state index contributed by atoms with van der Waals surface area (Å²) in [6, 6.07) is 4.34. The minimum atomic E-state index is -3.62. The third kappa shape index (κ3) is 6.19. The van der Waals surface area contributed by atoms with E-state index in [-0.39, 0.29) is 12.5 Å². The first kappa shape index (κ1) is 25.6. The zero-order valence-corrected chi connectivity index (χ0v) is 20.4. The van der Waals surface area contributed by atoms with Crippen LogP contribution in [0, 0.1) is 5.41 Å². The number of nitrogens with zero attached hydrogens (tertiary/aromatic N) is 1. The molecule has 2 unspecified atom stereocenters. The first-order valence-corrected chi connectivity index (χ1v) is 12.5. The van der Waals surface area contributed by atoms with Gasteiger partial charge in [0.1, 0.15) is 11.6 Å². The van der Waals surface area contributed by atoms with Gasteiger partial charge in [-0.05, 0) is 48.4 Å². The number of nitrogens with two attached hydrogens (primary N) is 1. The second-order valence-corrected chi connectivity index (χ2v) is 11.6. The third-order valence-corrected chi connectivity index (χ3v) is 6.57. The van der Waals surface area contributed by atoms with E-state index in [2.05, 4.69) is 10.0 Å². The number of benzene rings is 1. The second-order valence-electron chi connectivity index (χ2n) is 9.36. The first-order chi connectivity index (χ1) is 14.2. The summed E-state index contributed by atoms with van der Waals surface area (Å²) in [6.07, 6.45) is 2.16. The van der Waals surface area contributed by atoms with Gasteiger partial charge in [0.15, 0.2) is 0 Å². The minimum absolute atomic E-state index is 0.230. The number of halogens is 1. The predicted molar refractivity (Wildman–Crippen MR) is 122 cm³/mol. The van der Waals surface area contributed by atoms with Gasteiger partial charge >= 0.3 is 0 Å². The van der Waals surface area contributed by atoms with Gasteiger partial charge in [-0.25, -0.2) is 13.1 Å². The summed E-state index contributed by atoms with van der Waals surface area (Å²) in [7, 11) is -3.62. The van der Waals surface area contributed by atoms with E-state index < -0.39 is 32.9 Å². The lowest BCUT2D eigenvalue weighted by molar-refractivity contribution is -0.147. The maximum Gasteiger partial charge on any atom is 0.245 e. The van der Waals surface area contributed by atoms with Gasteiger partial charge in [0.05, 0.1) is 6.26 Å². The van der Waals surface area contributed by atoms with Gasteiger partial charge in [-0.1, -0.05) is 38.4 Å². The van der Waals surface area contributed by atoms with Crippen LogP contribution in [0.25, 0.3) is 0 Å². The standard InChI is InChI=1S/C21H33ClN4O4S/c1-20(2,3)17(25-31(5,29)30)18(27)26-10-6-9-21(26,4)19(28)24-13-15-11-16(22)8-7-14(15)12-23/h7-8,11,17,25H,6,9-10,12-13,23H2,1-5H3,(H,24,28). The SMILES string of the molecule is CC(C)(C)C(NS(C)(=O)=O)C(=O)N1CCCC1(C)C(=O)NCc1cc(Cl)ccc1CN. The van der Waals surface area contributed by atoms with E-state index in [0.717, 1.165) is 17.4 Å². The number of likely N-dealkylation sites (tertiary alicyclic amines) is 1. The Bertz CT molecular complexity index is 945. The van der Waals surface area contributed by atoms with Crippen LogP contribution in [0.4, 0.5) is 0 Å². The highest BCUT2D eigenvalue weighted by molar-refractivity contribution is 7.88. The highest BCUT2D eigenvalue weighted by Crippen LogP contribution is 2.33. The molecule has 0 saturated carbocycles. The first-order valence-electron chi connectivity index (χ1n) is 10.2. The fraction of sp³-hybridized carbons (Fsp3) is 0.619. The van der Waals surface area contributed by atoms with E-state index in [0.29, 0.717) is 31.0 Å². The zero-order chi connectivity index (χ0) is 23.6. The summed E-state index contributed by atoms with van der Waals surface area (Å²) in [4.78, 5) is 28.1. The third-order valence-electron chi connectivity index (χ3n) is 5.67. The van der Waals surface area contributed by atoms with E-state index in [9.17, 15) is 18.0 Å². The Balaban J connectivity index is 2.24. The molecule has 0 bridgehead atoms. The van der Waals surface area contributed by atoms with Crippen molar-refractivity contribution in [2.45, 2.75) is 65.2 Å². The second kappa shape index (κ2) is 9.44. The predicted octanol–water partition coefficient (Wildman–Crippen LogP) is 1.76. The number of rotatable bonds is 7. The molecule has 4 N–H and O–H groups in total. The Labute approximate surface area is 189 Å². The summed E-state index contributed by atoms with van der Waals surface area (Å²) in [6.45, 7) is 8.00. The van der Waals surface area contributed by atoms with Gasteiger partial charge in [-0.15, -0.1) is 0 Å². The number of amides is 2. The number of nitrogens with one attached hydrogen (secondary N) is 2. The van der Waals surface area contributed by atoms with Crippen LogP contribution in [0.2, 0.25) is 5.02 Å². The van der Waals surface area contributed by atoms with Crippen molar-refractivity contribution < 1.29 is 18.0 Å². The summed E-state index contributed by atoms with van der Waals surface area (Å²) < 4.78 is 26.2. The molecule has 2 atom stereocenters. The molecular weight excluding hydrogens is 440 g/mol. The topological polar surface area (TPSA) is 122 Å². The molecule has 10 heteroatoms. The number of sulfonamides is 1. The Kier molecular flexibility index (Phi) is 7.79. The van der Waals surface area contributed by atoms with Crippen molar-refractivity contribution in [1.29, 1.82) is 0 Å². The van der Waals surface area contributed by atoms with E-state index in [1.54, 1.807) is 39.8 Å². The lowest BCUT2D eigenvalue weighted by Gasteiger charge is -2.39. The van der Waals surface area contributed by atoms with Crippen LogP contribution >= 0.6 is 11.6 Å². The minimum Gasteiger partial charge on any atom is -0.350 e. The Morgan fingerprint density at radius 3 is 2.48 bits per heavy atom. The molecular formula is C21H33ClN4O4S. The number of carbonyl (C=O) groups excluding carboxylic acids is 2. The average molecular weight is 473 g/mol. The smallest absolute Gasteiger partial charge is 0.245 e. The highest BCUT2D eigenvalue weighted by atomic mass is 35.5. The fourth-order valence-electron chi connectivity index (χ4n) is 3.84. The molecule has 174 valence electrons. The quantitative estimate of drug-likeness (QED) is 0.558. The molecule has 1 aliphatic heterocycles. The van der Waals surface area contributed by atoms with Gasteiger partial charge < -0.3 is 16.0 Å². The molecule has 1 aliphatic rings. The van der Waals surface area contributed by atoms with Crippen molar-refractivity contribution in [1.82, 2.24) is 14.9 Å². The van der Waals surface area contributed by atoms with Crippen LogP contribution in [0.5, 0.6) is 0 Å². The Morgan fingerprint density at radius 2 is 1.94 bits per heavy atom. The molecule has 1 saturated heterocycles. The zero-order valence-electron chi connectivity index (χ0n) is 18.8. The van der Waals surface area contributed by atoms with Crippen molar-refractivity contribution in [3.05, 3.63) is 34.3 Å². The summed E-state index contributed by atoms with van der Waals surface area (Å²) in [5.41, 5.74) is 5.71. The van der Waals surface area contributed by atoms with Gasteiger partial charge in [-0.3, -0.25) is 9.59 Å². The van der Waals surface area contributed by atoms with Crippen molar-refractivity contribution in [2.75, 3.05) is 12.8 Å². The molecule has 8 nitrogen and oxygen atoms in total. The molecule has 0 aliphatic carbocycles. The van der Waals surface area contributed by atoms with Crippen LogP contribution in [0.1, 0.15) is 51.7 Å². The summed E-state index contributed by atoms with van der Waals surface area (Å²) in [5.74, 6) is -0.702. The van der Waals surface area contributed by atoms with Gasteiger partial charge in [-0.2, -0.15) is 0 Å². The summed E-state index contributed by atoms with van der Waals surface area (Å²) in [5, 5.41) is 3.45. The Hall–Kier alpha value is -1.68. The normalized spacial score (nSPS) is 20.5. The lowest BCUT2D eigenvalue weighted by atomic mass is 9.85. The number of hydrogen-bond acceptors (Lipinski definition) is 5. The van der Waals surface area contributed by atoms with Crippen LogP contribution in [0.3, 0.4) is 0 Å². The average Bonchev–Trinajstić information content (AvgIpc) is 3.05. The molecule has 0 aromatic heterocycles. The lowest BCUT2D eigenvalue weighted by Crippen LogP contribution is -2.62. The van der Waals surface area contributed by atoms with Crippen molar-refractivity contribution in [3.8, 4) is 0 Å². The van der Waals surface area contributed by atoms with Crippen molar-refractivity contribution >= 4 is 33.4 Å². The van der Waals surface area contributed by atoms with Crippen LogP contribution in [-0.2, 0) is 32.7 Å². The molecule has 0 radical (unpaired) electrons. The van der Waals surface area contributed by atoms with E-state index >= 15 is 0 Å². The van der Waals surface area contributed by atoms with Gasteiger partial charge in [0, 0.05) is 24.7 Å². The van der Waals surface area contributed by atoms with Crippen molar-refractivity contribution in [2.24, 2.45) is 11.1 Å². The van der Waals surface area contributed by atoms with Gasteiger partial charge in [0.2, 0.25) is 21.8 Å². The molecule has 1 aromatic carbocycles.